The first-order valence-corrected chi connectivity index (χ1v) is 8.64. The van der Waals surface area contributed by atoms with E-state index in [0.717, 1.165) is 0 Å². The normalized spacial score (nSPS) is 11.6. The van der Waals surface area contributed by atoms with E-state index in [-0.39, 0.29) is 21.2 Å². The van der Waals surface area contributed by atoms with Crippen LogP contribution in [0.5, 0.6) is 5.75 Å². The highest BCUT2D eigenvalue weighted by atomic mass is 35.5. The minimum atomic E-state index is -4.00. The van der Waals surface area contributed by atoms with E-state index in [2.05, 4.69) is 4.72 Å². The number of sulfonamides is 1. The van der Waals surface area contributed by atoms with Crippen molar-refractivity contribution in [3.8, 4) is 5.75 Å². The molecular weight excluding hydrogens is 356 g/mol. The molecule has 1 aromatic heterocycles. The number of fused-ring (bicyclic) bond motifs is 1. The summed E-state index contributed by atoms with van der Waals surface area (Å²) < 4.78 is 39.1. The van der Waals surface area contributed by atoms with Gasteiger partial charge in [-0.05, 0) is 18.2 Å². The number of oxazole rings is 1. The number of halogens is 1. The Hall–Kier alpha value is -2.45. The highest BCUT2D eigenvalue weighted by Crippen LogP contribution is 2.31. The van der Waals surface area contributed by atoms with E-state index in [9.17, 15) is 13.2 Å². The standard InChI is InChI=1S/C15H13ClN2O5S/c1-18-11-7-9(16)14(8-13(11)23-15(18)19)24(20,21)17-10-5-3-4-6-12(10)22-2/h3-8,17H,1-2H3. The molecule has 9 heteroatoms. The zero-order valence-corrected chi connectivity index (χ0v) is 14.3. The third-order valence-electron chi connectivity index (χ3n) is 3.49. The van der Waals surface area contributed by atoms with Crippen LogP contribution < -0.4 is 15.2 Å². The van der Waals surface area contributed by atoms with Crippen LogP contribution in [0.1, 0.15) is 0 Å². The van der Waals surface area contributed by atoms with Crippen LogP contribution in [0.25, 0.3) is 11.1 Å². The van der Waals surface area contributed by atoms with Gasteiger partial charge in [-0.15, -0.1) is 0 Å². The molecule has 0 unspecified atom stereocenters. The van der Waals surface area contributed by atoms with E-state index >= 15 is 0 Å². The van der Waals surface area contributed by atoms with Crippen LogP contribution in [0.2, 0.25) is 5.02 Å². The Morgan fingerprint density at radius 1 is 1.25 bits per heavy atom. The second kappa shape index (κ2) is 5.88. The average molecular weight is 369 g/mol. The SMILES string of the molecule is COc1ccccc1NS(=O)(=O)c1cc2oc(=O)n(C)c2cc1Cl. The molecule has 0 atom stereocenters. The summed E-state index contributed by atoms with van der Waals surface area (Å²) in [5.41, 5.74) is 0.805. The quantitative estimate of drug-likeness (QED) is 0.764. The van der Waals surface area contributed by atoms with Crippen molar-refractivity contribution in [3.05, 3.63) is 52.0 Å². The van der Waals surface area contributed by atoms with Gasteiger partial charge in [-0.25, -0.2) is 13.2 Å². The molecular formula is C15H13ClN2O5S. The predicted octanol–water partition coefficient (Wildman–Crippen LogP) is 2.59. The lowest BCUT2D eigenvalue weighted by Crippen LogP contribution is -2.14. The van der Waals surface area contributed by atoms with Crippen LogP contribution in [0.4, 0.5) is 5.69 Å². The molecule has 3 rings (SSSR count). The van der Waals surface area contributed by atoms with Crippen LogP contribution >= 0.6 is 11.6 Å². The molecule has 7 nitrogen and oxygen atoms in total. The molecule has 0 aliphatic heterocycles. The number of hydrogen-bond acceptors (Lipinski definition) is 5. The fourth-order valence-electron chi connectivity index (χ4n) is 2.26. The molecule has 3 aromatic rings. The number of para-hydroxylation sites is 2. The summed E-state index contributed by atoms with van der Waals surface area (Å²) in [5.74, 6) is -0.238. The number of nitrogens with zero attached hydrogens (tertiary/aromatic N) is 1. The number of methoxy groups -OCH3 is 1. The summed E-state index contributed by atoms with van der Waals surface area (Å²) >= 11 is 6.10. The van der Waals surface area contributed by atoms with Crippen molar-refractivity contribution in [2.45, 2.75) is 4.90 Å². The minimum absolute atomic E-state index is 0.0266. The fourth-order valence-corrected chi connectivity index (χ4v) is 3.87. The van der Waals surface area contributed by atoms with E-state index in [0.29, 0.717) is 11.3 Å². The zero-order chi connectivity index (χ0) is 17.5. The molecule has 0 saturated carbocycles. The highest BCUT2D eigenvalue weighted by Gasteiger charge is 2.22. The summed E-state index contributed by atoms with van der Waals surface area (Å²) in [4.78, 5) is 11.4. The number of anilines is 1. The lowest BCUT2D eigenvalue weighted by molar-refractivity contribution is 0.417. The van der Waals surface area contributed by atoms with E-state index in [4.69, 9.17) is 20.8 Å². The number of aromatic nitrogens is 1. The van der Waals surface area contributed by atoms with Crippen molar-refractivity contribution in [1.82, 2.24) is 4.57 Å². The molecule has 0 radical (unpaired) electrons. The molecule has 0 amide bonds. The fraction of sp³-hybridized carbons (Fsp3) is 0.133. The Kier molecular flexibility index (Phi) is 4.02. The van der Waals surface area contributed by atoms with E-state index in [1.807, 2.05) is 0 Å². The molecule has 0 fully saturated rings. The molecule has 1 N–H and O–H groups in total. The third kappa shape index (κ3) is 2.74. The molecule has 24 heavy (non-hydrogen) atoms. The van der Waals surface area contributed by atoms with Crippen molar-refractivity contribution < 1.29 is 17.6 Å². The van der Waals surface area contributed by atoms with Crippen molar-refractivity contribution in [3.63, 3.8) is 0 Å². The zero-order valence-electron chi connectivity index (χ0n) is 12.7. The highest BCUT2D eigenvalue weighted by molar-refractivity contribution is 7.92. The largest absolute Gasteiger partial charge is 0.495 e. The van der Waals surface area contributed by atoms with Crippen molar-refractivity contribution in [2.24, 2.45) is 7.05 Å². The van der Waals surface area contributed by atoms with E-state index in [1.54, 1.807) is 24.3 Å². The molecule has 2 aromatic carbocycles. The van der Waals surface area contributed by atoms with Crippen LogP contribution in [0.3, 0.4) is 0 Å². The first-order valence-electron chi connectivity index (χ1n) is 6.78. The molecule has 1 heterocycles. The lowest BCUT2D eigenvalue weighted by Gasteiger charge is -2.12. The second-order valence-corrected chi connectivity index (χ2v) is 7.04. The number of rotatable bonds is 4. The molecule has 0 aliphatic rings. The van der Waals surface area contributed by atoms with Gasteiger partial charge in [-0.2, -0.15) is 0 Å². The Balaban J connectivity index is 2.11. The second-order valence-electron chi connectivity index (χ2n) is 4.98. The van der Waals surface area contributed by atoms with Gasteiger partial charge in [0.2, 0.25) is 0 Å². The molecule has 0 bridgehead atoms. The maximum atomic E-state index is 12.6. The maximum Gasteiger partial charge on any atom is 0.419 e. The molecule has 0 aliphatic carbocycles. The van der Waals surface area contributed by atoms with Gasteiger partial charge in [0.1, 0.15) is 10.6 Å². The topological polar surface area (TPSA) is 90.5 Å². The first kappa shape index (κ1) is 16.4. The van der Waals surface area contributed by atoms with Crippen LogP contribution in [-0.2, 0) is 17.1 Å². The van der Waals surface area contributed by atoms with Gasteiger partial charge in [0, 0.05) is 13.1 Å². The summed E-state index contributed by atoms with van der Waals surface area (Å²) in [6.07, 6.45) is 0. The summed E-state index contributed by atoms with van der Waals surface area (Å²) in [6.45, 7) is 0. The minimum Gasteiger partial charge on any atom is -0.495 e. The number of ether oxygens (including phenoxy) is 1. The first-order chi connectivity index (χ1) is 11.3. The predicted molar refractivity (Wildman–Crippen MR) is 90.3 cm³/mol. The van der Waals surface area contributed by atoms with Gasteiger partial charge in [-0.1, -0.05) is 23.7 Å². The third-order valence-corrected chi connectivity index (χ3v) is 5.32. The van der Waals surface area contributed by atoms with E-state index < -0.39 is 15.8 Å². The monoisotopic (exact) mass is 368 g/mol. The van der Waals surface area contributed by atoms with Gasteiger partial charge in [-0.3, -0.25) is 9.29 Å². The van der Waals surface area contributed by atoms with Crippen molar-refractivity contribution >= 4 is 38.4 Å². The smallest absolute Gasteiger partial charge is 0.419 e. The van der Waals surface area contributed by atoms with Crippen LogP contribution in [0.15, 0.2) is 50.5 Å². The average Bonchev–Trinajstić information content (AvgIpc) is 2.81. The summed E-state index contributed by atoms with van der Waals surface area (Å²) in [6, 6.07) is 9.16. The summed E-state index contributed by atoms with van der Waals surface area (Å²) in [7, 11) is -1.06. The molecule has 0 spiro atoms. The Morgan fingerprint density at radius 2 is 1.96 bits per heavy atom. The van der Waals surface area contributed by atoms with Gasteiger partial charge in [0.05, 0.1) is 23.3 Å². The lowest BCUT2D eigenvalue weighted by atomic mass is 10.3. The van der Waals surface area contributed by atoms with Crippen molar-refractivity contribution in [2.75, 3.05) is 11.8 Å². The Bertz CT molecular complexity index is 1080. The van der Waals surface area contributed by atoms with Crippen LogP contribution in [0, 0.1) is 0 Å². The Labute approximate surface area is 142 Å². The van der Waals surface area contributed by atoms with Gasteiger partial charge in [0.25, 0.3) is 10.0 Å². The van der Waals surface area contributed by atoms with Gasteiger partial charge in [0.15, 0.2) is 5.58 Å². The molecule has 0 saturated heterocycles. The number of hydrogen-bond donors (Lipinski definition) is 1. The van der Waals surface area contributed by atoms with Crippen molar-refractivity contribution in [1.29, 1.82) is 0 Å². The van der Waals surface area contributed by atoms with Gasteiger partial charge < -0.3 is 9.15 Å². The Morgan fingerprint density at radius 3 is 2.67 bits per heavy atom. The van der Waals surface area contributed by atoms with Crippen LogP contribution in [-0.4, -0.2) is 20.1 Å². The maximum absolute atomic E-state index is 12.6. The van der Waals surface area contributed by atoms with Gasteiger partial charge >= 0.3 is 5.76 Å². The number of aryl methyl sites for hydroxylation is 1. The van der Waals surface area contributed by atoms with E-state index in [1.165, 1.54) is 30.9 Å². The number of nitrogens with one attached hydrogen (secondary N) is 1. The number of benzene rings is 2. The summed E-state index contributed by atoms with van der Waals surface area (Å²) in [5, 5.41) is -0.0266. The molecule has 126 valence electrons.